The smallest absolute Gasteiger partial charge is 0.437 e. The Morgan fingerprint density at radius 1 is 1.27 bits per heavy atom. The summed E-state index contributed by atoms with van der Waals surface area (Å²) in [4.78, 5) is 33.2. The van der Waals surface area contributed by atoms with E-state index in [1.54, 1.807) is 26.8 Å². The number of allylic oxidation sites excluding steroid dienone is 1. The Kier molecular flexibility index (Phi) is 9.77. The number of rotatable bonds is 7. The average molecular weight is 568 g/mol. The van der Waals surface area contributed by atoms with Gasteiger partial charge >= 0.3 is 18.4 Å². The van der Waals surface area contributed by atoms with Crippen LogP contribution in [0.25, 0.3) is 11.4 Å². The summed E-state index contributed by atoms with van der Waals surface area (Å²) in [5, 5.41) is 15.2. The molecule has 1 aromatic heterocycles. The molecule has 3 rings (SSSR count). The molecule has 218 valence electrons. The second kappa shape index (κ2) is 12.8. The molecule has 1 aromatic carbocycles. The molecule has 1 saturated heterocycles. The van der Waals surface area contributed by atoms with E-state index < -0.39 is 35.6 Å². The number of aliphatic imine (C=N–C) groups is 1. The zero-order chi connectivity index (χ0) is 29.5. The van der Waals surface area contributed by atoms with E-state index in [0.717, 1.165) is 18.9 Å². The van der Waals surface area contributed by atoms with Gasteiger partial charge in [-0.3, -0.25) is 5.32 Å². The third-order valence-corrected chi connectivity index (χ3v) is 5.56. The Balaban J connectivity index is 1.86. The van der Waals surface area contributed by atoms with Gasteiger partial charge in [-0.2, -0.15) is 18.2 Å². The van der Waals surface area contributed by atoms with E-state index in [2.05, 4.69) is 20.4 Å². The molecular weight excluding hydrogens is 535 g/mol. The number of carbonyl (C=O) groups is 2. The molecule has 2 aromatic rings. The van der Waals surface area contributed by atoms with Crippen LogP contribution in [0.1, 0.15) is 70.9 Å². The van der Waals surface area contributed by atoms with Crippen molar-refractivity contribution in [3.05, 3.63) is 41.8 Å². The lowest BCUT2D eigenvalue weighted by Crippen LogP contribution is -2.44. The number of aromatic nitrogens is 2. The molecular formula is C26H32F3N5O6. The lowest BCUT2D eigenvalue weighted by atomic mass is 10.1. The van der Waals surface area contributed by atoms with Crippen LogP contribution >= 0.6 is 0 Å². The minimum absolute atomic E-state index is 0.0101. The Hall–Kier alpha value is -4.10. The number of likely N-dealkylation sites (tertiary alicyclic amines) is 1. The highest BCUT2D eigenvalue weighted by Gasteiger charge is 2.37. The van der Waals surface area contributed by atoms with Gasteiger partial charge in [0.15, 0.2) is 0 Å². The van der Waals surface area contributed by atoms with E-state index in [1.165, 1.54) is 17.0 Å². The highest BCUT2D eigenvalue weighted by Crippen LogP contribution is 2.39. The van der Waals surface area contributed by atoms with Crippen molar-refractivity contribution in [2.24, 2.45) is 4.99 Å². The second-order valence-corrected chi connectivity index (χ2v) is 9.93. The Labute approximate surface area is 229 Å². The molecule has 0 aliphatic carbocycles. The number of carboxylic acid groups (broad SMARTS) is 1. The topological polar surface area (TPSA) is 139 Å². The minimum Gasteiger partial charge on any atom is -0.489 e. The van der Waals surface area contributed by atoms with E-state index in [9.17, 15) is 27.9 Å². The van der Waals surface area contributed by atoms with E-state index >= 15 is 0 Å². The van der Waals surface area contributed by atoms with Crippen molar-refractivity contribution in [1.82, 2.24) is 20.4 Å². The van der Waals surface area contributed by atoms with Gasteiger partial charge < -0.3 is 24.0 Å². The van der Waals surface area contributed by atoms with Crippen molar-refractivity contribution in [3.63, 3.8) is 0 Å². The number of ether oxygens (including phenoxy) is 2. The number of benzene rings is 1. The van der Waals surface area contributed by atoms with Gasteiger partial charge in [-0.1, -0.05) is 30.7 Å². The number of hydrogen-bond donors (Lipinski definition) is 2. The predicted octanol–water partition coefficient (Wildman–Crippen LogP) is 6.19. The van der Waals surface area contributed by atoms with E-state index in [4.69, 9.17) is 14.0 Å². The number of unbranched alkanes of at least 4 members (excludes halogenated alkanes) is 1. The lowest BCUT2D eigenvalue weighted by molar-refractivity contribution is -0.138. The van der Waals surface area contributed by atoms with Crippen LogP contribution < -0.4 is 10.1 Å². The molecule has 40 heavy (non-hydrogen) atoms. The maximum atomic E-state index is 13.8. The van der Waals surface area contributed by atoms with Crippen molar-refractivity contribution >= 4 is 18.1 Å². The highest BCUT2D eigenvalue weighted by atomic mass is 19.4. The van der Waals surface area contributed by atoms with Gasteiger partial charge in [-0.15, -0.1) is 4.99 Å². The second-order valence-electron chi connectivity index (χ2n) is 9.93. The zero-order valence-electron chi connectivity index (χ0n) is 22.6. The number of carbonyl (C=O) groups excluding carboxylic acids is 1. The summed E-state index contributed by atoms with van der Waals surface area (Å²) in [6, 6.07) is 2.79. The summed E-state index contributed by atoms with van der Waals surface area (Å²) in [6.07, 6.45) is -0.941. The van der Waals surface area contributed by atoms with Crippen molar-refractivity contribution in [3.8, 4) is 17.1 Å². The Bertz CT molecular complexity index is 1250. The van der Waals surface area contributed by atoms with Gasteiger partial charge in [0, 0.05) is 12.1 Å². The Morgan fingerprint density at radius 2 is 2.02 bits per heavy atom. The number of nitrogens with zero attached hydrogens (tertiary/aromatic N) is 4. The van der Waals surface area contributed by atoms with E-state index in [0.29, 0.717) is 19.4 Å². The van der Waals surface area contributed by atoms with Crippen LogP contribution in [-0.2, 0) is 10.9 Å². The van der Waals surface area contributed by atoms with Crippen LogP contribution in [0.3, 0.4) is 0 Å². The molecule has 1 aliphatic heterocycles. The predicted molar refractivity (Wildman–Crippen MR) is 138 cm³/mol. The summed E-state index contributed by atoms with van der Waals surface area (Å²) >= 11 is 0. The molecule has 14 heteroatoms. The van der Waals surface area contributed by atoms with E-state index in [1.807, 2.05) is 13.0 Å². The largest absolute Gasteiger partial charge is 0.489 e. The zero-order valence-corrected chi connectivity index (χ0v) is 22.6. The monoisotopic (exact) mass is 567 g/mol. The fraction of sp³-hybridized carbons (Fsp3) is 0.500. The third-order valence-electron chi connectivity index (χ3n) is 5.56. The van der Waals surface area contributed by atoms with E-state index in [-0.39, 0.29) is 35.6 Å². The van der Waals surface area contributed by atoms with Gasteiger partial charge in [-0.25, -0.2) is 9.59 Å². The third kappa shape index (κ3) is 8.45. The molecule has 1 atom stereocenters. The van der Waals surface area contributed by atoms with Crippen molar-refractivity contribution in [1.29, 1.82) is 0 Å². The summed E-state index contributed by atoms with van der Waals surface area (Å²) in [7, 11) is 0. The van der Waals surface area contributed by atoms with Crippen LogP contribution in [0.5, 0.6) is 5.75 Å². The minimum atomic E-state index is -4.69. The number of guanidine groups is 1. The SMILES string of the molecule is CCCC=CCOc1ccc(-c2noc([C@@H]3CCCN3C(=NC(=O)OC(C)(C)C)NC(=O)O)n2)cc1C(F)(F)F. The first-order valence-corrected chi connectivity index (χ1v) is 12.7. The number of amides is 2. The van der Waals surface area contributed by atoms with Crippen LogP contribution in [0.2, 0.25) is 0 Å². The van der Waals surface area contributed by atoms with Crippen LogP contribution in [-0.4, -0.2) is 57.0 Å². The summed E-state index contributed by atoms with van der Waals surface area (Å²) in [5.74, 6) is -0.700. The summed E-state index contributed by atoms with van der Waals surface area (Å²) < 4.78 is 57.3. The molecule has 11 nitrogen and oxygen atoms in total. The van der Waals surface area contributed by atoms with Gasteiger partial charge in [0.05, 0.1) is 5.56 Å². The van der Waals surface area contributed by atoms with Crippen LogP contribution in [0.15, 0.2) is 39.9 Å². The van der Waals surface area contributed by atoms with Crippen LogP contribution in [0, 0.1) is 0 Å². The quantitative estimate of drug-likeness (QED) is 0.228. The molecule has 2 heterocycles. The van der Waals surface area contributed by atoms with Crippen molar-refractivity contribution in [2.45, 2.75) is 71.2 Å². The van der Waals surface area contributed by atoms with Crippen LogP contribution in [0.4, 0.5) is 22.8 Å². The maximum Gasteiger partial charge on any atom is 0.437 e. The first-order chi connectivity index (χ1) is 18.8. The standard InChI is InChI=1S/C26H32F3N5O6/c1-5-6-7-8-14-38-19-12-11-16(15-17(19)26(27,28)29)20-30-21(40-33-20)18-10-9-13-34(18)22(31-23(35)36)32-24(37)39-25(2,3)4/h7-8,11-12,15,18H,5-6,9-10,13-14H2,1-4H3,(H,35,36)(H,31,32,37)/t18-/m0/s1. The summed E-state index contributed by atoms with van der Waals surface area (Å²) in [5.41, 5.74) is -1.80. The highest BCUT2D eigenvalue weighted by molar-refractivity contribution is 5.98. The molecule has 1 aliphatic rings. The number of nitrogens with one attached hydrogen (secondary N) is 1. The average Bonchev–Trinajstić information content (AvgIpc) is 3.51. The molecule has 0 radical (unpaired) electrons. The fourth-order valence-corrected chi connectivity index (χ4v) is 3.90. The molecule has 0 spiro atoms. The molecule has 2 N–H and O–H groups in total. The first kappa shape index (κ1) is 30.4. The molecule has 0 saturated carbocycles. The molecule has 0 bridgehead atoms. The molecule has 2 amide bonds. The Morgan fingerprint density at radius 3 is 2.67 bits per heavy atom. The normalized spacial score (nSPS) is 16.4. The van der Waals surface area contributed by atoms with Gasteiger partial charge in [0.2, 0.25) is 17.7 Å². The van der Waals surface area contributed by atoms with Gasteiger partial charge in [-0.05, 0) is 58.2 Å². The first-order valence-electron chi connectivity index (χ1n) is 12.7. The molecule has 1 fully saturated rings. The summed E-state index contributed by atoms with van der Waals surface area (Å²) in [6.45, 7) is 7.18. The number of hydrogen-bond acceptors (Lipinski definition) is 7. The molecule has 0 unspecified atom stereocenters. The maximum absolute atomic E-state index is 13.8. The number of halogens is 3. The van der Waals surface area contributed by atoms with Gasteiger partial charge in [0.1, 0.15) is 24.0 Å². The lowest BCUT2D eigenvalue weighted by Gasteiger charge is -2.25. The number of alkyl halides is 3. The fourth-order valence-electron chi connectivity index (χ4n) is 3.90. The van der Waals surface area contributed by atoms with Crippen molar-refractivity contribution in [2.75, 3.05) is 13.2 Å². The van der Waals surface area contributed by atoms with Gasteiger partial charge in [0.25, 0.3) is 0 Å². The van der Waals surface area contributed by atoms with Crippen molar-refractivity contribution < 1.29 is 41.9 Å².